The zero-order valence-corrected chi connectivity index (χ0v) is 8.00. The fraction of sp³-hybridized carbons (Fsp3) is 0.400. The molecule has 1 saturated heterocycles. The van der Waals surface area contributed by atoms with E-state index >= 15 is 0 Å². The molecule has 1 N–H and O–H groups in total. The minimum atomic E-state index is -0.250. The number of carboxylic acid groups (broad SMARTS) is 1. The van der Waals surface area contributed by atoms with Gasteiger partial charge in [-0.25, -0.2) is 0 Å². The van der Waals surface area contributed by atoms with E-state index in [1.165, 1.54) is 12.8 Å². The Balaban J connectivity index is 0.000000193. The van der Waals surface area contributed by atoms with Crippen LogP contribution < -0.4 is 0 Å². The summed E-state index contributed by atoms with van der Waals surface area (Å²) in [6.07, 6.45) is 6.06. The fourth-order valence-electron chi connectivity index (χ4n) is 0.823. The van der Waals surface area contributed by atoms with Crippen molar-refractivity contribution >= 4 is 6.47 Å². The van der Waals surface area contributed by atoms with Crippen molar-refractivity contribution in [3.8, 4) is 0 Å². The number of rotatable bonds is 0. The summed E-state index contributed by atoms with van der Waals surface area (Å²) >= 11 is 0. The van der Waals surface area contributed by atoms with Crippen molar-refractivity contribution in [2.75, 3.05) is 13.2 Å². The van der Waals surface area contributed by atoms with Crippen LogP contribution in [0.25, 0.3) is 0 Å². The SMILES string of the molecule is C1CCOC1.O=CO.c1ccncc1. The lowest BCUT2D eigenvalue weighted by molar-refractivity contribution is -0.122. The number of carbonyl (C=O) groups is 1. The van der Waals surface area contributed by atoms with E-state index < -0.39 is 0 Å². The van der Waals surface area contributed by atoms with Crippen LogP contribution in [0.3, 0.4) is 0 Å². The van der Waals surface area contributed by atoms with E-state index in [2.05, 4.69) is 4.98 Å². The minimum absolute atomic E-state index is 0.250. The van der Waals surface area contributed by atoms with Gasteiger partial charge in [-0.1, -0.05) is 6.07 Å². The molecule has 1 fully saturated rings. The smallest absolute Gasteiger partial charge is 0.290 e. The molecule has 0 radical (unpaired) electrons. The number of pyridine rings is 1. The molecule has 0 aliphatic carbocycles. The molecule has 1 aromatic heterocycles. The van der Waals surface area contributed by atoms with Gasteiger partial charge >= 0.3 is 0 Å². The lowest BCUT2D eigenvalue weighted by Gasteiger charge is -1.76. The maximum atomic E-state index is 8.36. The summed E-state index contributed by atoms with van der Waals surface area (Å²) in [5.74, 6) is 0. The zero-order chi connectivity index (χ0) is 10.5. The summed E-state index contributed by atoms with van der Waals surface area (Å²) in [5, 5.41) is 6.89. The average molecular weight is 197 g/mol. The normalized spacial score (nSPS) is 12.9. The summed E-state index contributed by atoms with van der Waals surface area (Å²) in [6, 6.07) is 5.72. The molecule has 14 heavy (non-hydrogen) atoms. The lowest BCUT2D eigenvalue weighted by Crippen LogP contribution is -1.74. The van der Waals surface area contributed by atoms with Crippen molar-refractivity contribution in [3.63, 3.8) is 0 Å². The molecular weight excluding hydrogens is 182 g/mol. The highest BCUT2D eigenvalue weighted by Gasteiger charge is 1.94. The van der Waals surface area contributed by atoms with Gasteiger partial charge < -0.3 is 9.84 Å². The Hall–Kier alpha value is -1.42. The van der Waals surface area contributed by atoms with Gasteiger partial charge in [-0.2, -0.15) is 0 Å². The standard InChI is InChI=1S/C5H5N.C4H8O.CH2O2/c1-2-4-6-5-3-1;1-2-4-5-3-1;2-1-3/h1-5H;1-4H2;1H,(H,2,3). The highest BCUT2D eigenvalue weighted by atomic mass is 16.5. The molecule has 1 aliphatic heterocycles. The molecule has 0 saturated carbocycles. The highest BCUT2D eigenvalue weighted by molar-refractivity contribution is 5.32. The number of hydrogen-bond donors (Lipinski definition) is 1. The van der Waals surface area contributed by atoms with E-state index in [1.807, 2.05) is 18.2 Å². The molecule has 0 spiro atoms. The van der Waals surface area contributed by atoms with E-state index in [-0.39, 0.29) is 6.47 Å². The Morgan fingerprint density at radius 1 is 1.14 bits per heavy atom. The van der Waals surface area contributed by atoms with Gasteiger partial charge in [0.2, 0.25) is 0 Å². The molecule has 1 aliphatic rings. The van der Waals surface area contributed by atoms with Gasteiger partial charge in [-0.15, -0.1) is 0 Å². The highest BCUT2D eigenvalue weighted by Crippen LogP contribution is 1.98. The van der Waals surface area contributed by atoms with Gasteiger partial charge in [0.05, 0.1) is 0 Å². The first-order valence-electron chi connectivity index (χ1n) is 4.42. The molecule has 4 nitrogen and oxygen atoms in total. The maximum absolute atomic E-state index is 8.36. The largest absolute Gasteiger partial charge is 0.483 e. The fourth-order valence-corrected chi connectivity index (χ4v) is 0.823. The molecule has 0 bridgehead atoms. The van der Waals surface area contributed by atoms with Crippen LogP contribution in [0.4, 0.5) is 0 Å². The zero-order valence-electron chi connectivity index (χ0n) is 8.00. The van der Waals surface area contributed by atoms with E-state index in [4.69, 9.17) is 14.6 Å². The first-order chi connectivity index (χ1) is 6.91. The molecule has 0 atom stereocenters. The quantitative estimate of drug-likeness (QED) is 0.641. The van der Waals surface area contributed by atoms with Crippen molar-refractivity contribution in [2.24, 2.45) is 0 Å². The molecule has 4 heteroatoms. The Labute approximate surface area is 83.6 Å². The first-order valence-corrected chi connectivity index (χ1v) is 4.42. The van der Waals surface area contributed by atoms with Crippen LogP contribution in [0.2, 0.25) is 0 Å². The number of ether oxygens (including phenoxy) is 1. The van der Waals surface area contributed by atoms with Crippen LogP contribution in [-0.4, -0.2) is 29.8 Å². The van der Waals surface area contributed by atoms with Gasteiger partial charge in [0, 0.05) is 25.6 Å². The monoisotopic (exact) mass is 197 g/mol. The third-order valence-corrected chi connectivity index (χ3v) is 1.39. The molecular formula is C10H15NO3. The van der Waals surface area contributed by atoms with Crippen molar-refractivity contribution in [1.82, 2.24) is 4.98 Å². The van der Waals surface area contributed by atoms with Crippen LogP contribution in [0.5, 0.6) is 0 Å². The Kier molecular flexibility index (Phi) is 10.4. The van der Waals surface area contributed by atoms with Crippen LogP contribution in [0.15, 0.2) is 30.6 Å². The van der Waals surface area contributed by atoms with Crippen LogP contribution in [0.1, 0.15) is 12.8 Å². The lowest BCUT2D eigenvalue weighted by atomic mass is 10.4. The van der Waals surface area contributed by atoms with Gasteiger partial charge in [-0.3, -0.25) is 9.78 Å². The molecule has 1 aromatic rings. The Morgan fingerprint density at radius 2 is 1.64 bits per heavy atom. The topological polar surface area (TPSA) is 59.4 Å². The number of aromatic nitrogens is 1. The maximum Gasteiger partial charge on any atom is 0.290 e. The number of nitrogens with zero attached hydrogens (tertiary/aromatic N) is 1. The minimum Gasteiger partial charge on any atom is -0.483 e. The van der Waals surface area contributed by atoms with E-state index in [0.29, 0.717) is 0 Å². The molecule has 2 rings (SSSR count). The van der Waals surface area contributed by atoms with Gasteiger partial charge in [-0.05, 0) is 25.0 Å². The second kappa shape index (κ2) is 11.6. The van der Waals surface area contributed by atoms with Gasteiger partial charge in [0.1, 0.15) is 0 Å². The average Bonchev–Trinajstić information content (AvgIpc) is 2.80. The second-order valence-electron chi connectivity index (χ2n) is 2.45. The third kappa shape index (κ3) is 10.6. The predicted octanol–water partition coefficient (Wildman–Crippen LogP) is 1.58. The number of hydrogen-bond acceptors (Lipinski definition) is 3. The summed E-state index contributed by atoms with van der Waals surface area (Å²) < 4.78 is 4.94. The molecule has 2 heterocycles. The summed E-state index contributed by atoms with van der Waals surface area (Å²) in [7, 11) is 0. The first kappa shape index (κ1) is 12.6. The molecule has 78 valence electrons. The van der Waals surface area contributed by atoms with Crippen LogP contribution in [0, 0.1) is 0 Å². The third-order valence-electron chi connectivity index (χ3n) is 1.39. The predicted molar refractivity (Wildman–Crippen MR) is 53.0 cm³/mol. The molecule has 0 amide bonds. The van der Waals surface area contributed by atoms with Crippen molar-refractivity contribution in [1.29, 1.82) is 0 Å². The van der Waals surface area contributed by atoms with Crippen molar-refractivity contribution < 1.29 is 14.6 Å². The second-order valence-corrected chi connectivity index (χ2v) is 2.45. The van der Waals surface area contributed by atoms with Crippen molar-refractivity contribution in [2.45, 2.75) is 12.8 Å². The summed E-state index contributed by atoms with van der Waals surface area (Å²) in [5.41, 5.74) is 0. The Morgan fingerprint density at radius 3 is 1.79 bits per heavy atom. The van der Waals surface area contributed by atoms with Gasteiger partial charge in [0.15, 0.2) is 0 Å². The van der Waals surface area contributed by atoms with Crippen LogP contribution in [-0.2, 0) is 9.53 Å². The Bertz CT molecular complexity index is 165. The van der Waals surface area contributed by atoms with E-state index in [0.717, 1.165) is 13.2 Å². The van der Waals surface area contributed by atoms with E-state index in [1.54, 1.807) is 12.4 Å². The van der Waals surface area contributed by atoms with Crippen LogP contribution >= 0.6 is 0 Å². The van der Waals surface area contributed by atoms with Gasteiger partial charge in [0.25, 0.3) is 6.47 Å². The summed E-state index contributed by atoms with van der Waals surface area (Å²) in [4.78, 5) is 12.1. The summed E-state index contributed by atoms with van der Waals surface area (Å²) in [6.45, 7) is 1.75. The van der Waals surface area contributed by atoms with Crippen molar-refractivity contribution in [3.05, 3.63) is 30.6 Å². The van der Waals surface area contributed by atoms with E-state index in [9.17, 15) is 0 Å². The molecule has 0 unspecified atom stereocenters. The molecule has 0 aromatic carbocycles.